The first-order valence-electron chi connectivity index (χ1n) is 7.36. The lowest BCUT2D eigenvalue weighted by atomic mass is 9.62. The molecular weight excluding hydrogens is 266 g/mol. The highest BCUT2D eigenvalue weighted by atomic mass is 16.5. The molecule has 0 radical (unpaired) electrons. The fraction of sp³-hybridized carbons (Fsp3) is 0.529. The van der Waals surface area contributed by atoms with Gasteiger partial charge in [0, 0.05) is 5.92 Å². The molecule has 1 saturated heterocycles. The number of piperidine rings is 1. The van der Waals surface area contributed by atoms with E-state index >= 15 is 0 Å². The molecule has 1 aliphatic heterocycles. The van der Waals surface area contributed by atoms with Crippen LogP contribution in [0.2, 0.25) is 0 Å². The van der Waals surface area contributed by atoms with Crippen molar-refractivity contribution in [2.24, 2.45) is 16.7 Å². The first kappa shape index (κ1) is 14.1. The lowest BCUT2D eigenvalue weighted by molar-refractivity contribution is -0.146. The molecule has 0 N–H and O–H groups in total. The summed E-state index contributed by atoms with van der Waals surface area (Å²) in [4.78, 5) is 27.3. The van der Waals surface area contributed by atoms with Gasteiger partial charge in [0.2, 0.25) is 11.8 Å². The smallest absolute Gasteiger partial charge is 0.240 e. The minimum atomic E-state index is -0.494. The van der Waals surface area contributed by atoms with Gasteiger partial charge >= 0.3 is 0 Å². The van der Waals surface area contributed by atoms with E-state index in [1.165, 1.54) is 4.90 Å². The number of methoxy groups -OCH3 is 1. The normalized spacial score (nSPS) is 30.7. The first-order valence-corrected chi connectivity index (χ1v) is 7.36. The van der Waals surface area contributed by atoms with Crippen LogP contribution >= 0.6 is 0 Å². The van der Waals surface area contributed by atoms with Crippen LogP contribution in [0.5, 0.6) is 5.75 Å². The Balaban J connectivity index is 2.14. The molecule has 2 aliphatic rings. The van der Waals surface area contributed by atoms with E-state index in [9.17, 15) is 9.59 Å². The molecule has 4 heteroatoms. The van der Waals surface area contributed by atoms with Gasteiger partial charge in [-0.25, -0.2) is 4.90 Å². The number of carbonyl (C=O) groups excluding carboxylic acids is 2. The zero-order chi connectivity index (χ0) is 15.4. The molecule has 0 unspecified atom stereocenters. The number of rotatable bonds is 2. The summed E-state index contributed by atoms with van der Waals surface area (Å²) in [5.74, 6) is 0.257. The van der Waals surface area contributed by atoms with Crippen molar-refractivity contribution < 1.29 is 14.3 Å². The number of amides is 2. The molecule has 1 aliphatic carbocycles. The lowest BCUT2D eigenvalue weighted by Gasteiger charge is -2.47. The molecule has 2 atom stereocenters. The third-order valence-corrected chi connectivity index (χ3v) is 5.75. The molecule has 0 aromatic heterocycles. The lowest BCUT2D eigenvalue weighted by Crippen LogP contribution is -2.59. The highest BCUT2D eigenvalue weighted by Crippen LogP contribution is 2.60. The Labute approximate surface area is 125 Å². The van der Waals surface area contributed by atoms with Gasteiger partial charge in [-0.3, -0.25) is 9.59 Å². The molecule has 0 spiro atoms. The molecular formula is C17H21NO3. The zero-order valence-corrected chi connectivity index (χ0v) is 13.0. The molecule has 2 amide bonds. The minimum Gasteiger partial charge on any atom is -0.495 e. The van der Waals surface area contributed by atoms with Crippen molar-refractivity contribution in [3.8, 4) is 5.75 Å². The maximum atomic E-state index is 13.0. The van der Waals surface area contributed by atoms with Gasteiger partial charge in [0.05, 0.1) is 18.2 Å². The number of anilines is 1. The standard InChI is InChI=1S/C17H21NO3/c1-16(2)11-9-10-17(16,3)15(20)18(14(11)19)12-7-5-6-8-13(12)21-4/h5-8,11H,9-10H2,1-4H3/t11-,17+/m0/s1. The minimum absolute atomic E-state index is 0.0931. The average Bonchev–Trinajstić information content (AvgIpc) is 2.64. The van der Waals surface area contributed by atoms with Crippen LogP contribution in [0.25, 0.3) is 0 Å². The van der Waals surface area contributed by atoms with E-state index < -0.39 is 5.41 Å². The summed E-state index contributed by atoms with van der Waals surface area (Å²) in [7, 11) is 1.55. The second-order valence-corrected chi connectivity index (χ2v) is 6.80. The Morgan fingerprint density at radius 1 is 1.19 bits per heavy atom. The van der Waals surface area contributed by atoms with Gasteiger partial charge in [-0.15, -0.1) is 0 Å². The predicted octanol–water partition coefficient (Wildman–Crippen LogP) is 3.01. The van der Waals surface area contributed by atoms with Crippen molar-refractivity contribution in [2.75, 3.05) is 12.0 Å². The summed E-state index contributed by atoms with van der Waals surface area (Å²) in [5.41, 5.74) is -0.227. The summed E-state index contributed by atoms with van der Waals surface area (Å²) in [6.45, 7) is 6.07. The van der Waals surface area contributed by atoms with Gasteiger partial charge in [0.1, 0.15) is 5.75 Å². The molecule has 3 rings (SSSR count). The van der Waals surface area contributed by atoms with Crippen molar-refractivity contribution in [1.29, 1.82) is 0 Å². The molecule has 1 saturated carbocycles. The fourth-order valence-electron chi connectivity index (χ4n) is 3.86. The highest BCUT2D eigenvalue weighted by molar-refractivity contribution is 6.21. The molecule has 2 fully saturated rings. The zero-order valence-electron chi connectivity index (χ0n) is 13.0. The number of para-hydroxylation sites is 2. The fourth-order valence-corrected chi connectivity index (χ4v) is 3.86. The van der Waals surface area contributed by atoms with Crippen LogP contribution in [0.4, 0.5) is 5.69 Å². The Hall–Kier alpha value is -1.84. The summed E-state index contributed by atoms with van der Waals surface area (Å²) < 4.78 is 5.32. The summed E-state index contributed by atoms with van der Waals surface area (Å²) in [6.07, 6.45) is 1.54. The Bertz CT molecular complexity index is 622. The topological polar surface area (TPSA) is 46.6 Å². The SMILES string of the molecule is COc1ccccc1N1C(=O)[C@@H]2CC[C@](C)(C1=O)C2(C)C. The van der Waals surface area contributed by atoms with E-state index in [0.717, 1.165) is 12.8 Å². The molecule has 1 aromatic rings. The van der Waals surface area contributed by atoms with Crippen LogP contribution in [0, 0.1) is 16.7 Å². The highest BCUT2D eigenvalue weighted by Gasteiger charge is 2.64. The average molecular weight is 287 g/mol. The quantitative estimate of drug-likeness (QED) is 0.786. The number of benzene rings is 1. The second kappa shape index (κ2) is 4.33. The third-order valence-electron chi connectivity index (χ3n) is 5.75. The van der Waals surface area contributed by atoms with Gasteiger partial charge in [0.25, 0.3) is 0 Å². The molecule has 2 bridgehead atoms. The Morgan fingerprint density at radius 2 is 1.86 bits per heavy atom. The Morgan fingerprint density at radius 3 is 2.52 bits per heavy atom. The number of hydrogen-bond acceptors (Lipinski definition) is 3. The number of carbonyl (C=O) groups is 2. The monoisotopic (exact) mass is 287 g/mol. The van der Waals surface area contributed by atoms with Gasteiger partial charge in [0.15, 0.2) is 0 Å². The van der Waals surface area contributed by atoms with Gasteiger partial charge in [-0.2, -0.15) is 0 Å². The number of imide groups is 1. The van der Waals surface area contributed by atoms with Crippen LogP contribution in [-0.4, -0.2) is 18.9 Å². The summed E-state index contributed by atoms with van der Waals surface area (Å²) in [5, 5.41) is 0. The van der Waals surface area contributed by atoms with Gasteiger partial charge < -0.3 is 4.74 Å². The van der Waals surface area contributed by atoms with Crippen molar-refractivity contribution in [3.63, 3.8) is 0 Å². The van der Waals surface area contributed by atoms with Crippen molar-refractivity contribution >= 4 is 17.5 Å². The number of ether oxygens (including phenoxy) is 1. The maximum absolute atomic E-state index is 13.0. The summed E-state index contributed by atoms with van der Waals surface area (Å²) in [6, 6.07) is 7.21. The second-order valence-electron chi connectivity index (χ2n) is 6.80. The van der Waals surface area contributed by atoms with Crippen LogP contribution in [0.1, 0.15) is 33.6 Å². The number of hydrogen-bond donors (Lipinski definition) is 0. The van der Waals surface area contributed by atoms with E-state index in [1.807, 2.05) is 32.9 Å². The third kappa shape index (κ3) is 1.62. The van der Waals surface area contributed by atoms with E-state index in [0.29, 0.717) is 11.4 Å². The number of fused-ring (bicyclic) bond motifs is 2. The van der Waals surface area contributed by atoms with Gasteiger partial charge in [-0.05, 0) is 30.4 Å². The maximum Gasteiger partial charge on any atom is 0.240 e. The van der Waals surface area contributed by atoms with E-state index in [2.05, 4.69) is 0 Å². The van der Waals surface area contributed by atoms with E-state index in [4.69, 9.17) is 4.74 Å². The molecule has 21 heavy (non-hydrogen) atoms. The van der Waals surface area contributed by atoms with Crippen LogP contribution in [0.15, 0.2) is 24.3 Å². The van der Waals surface area contributed by atoms with Gasteiger partial charge in [-0.1, -0.05) is 32.9 Å². The predicted molar refractivity (Wildman–Crippen MR) is 80.1 cm³/mol. The van der Waals surface area contributed by atoms with E-state index in [-0.39, 0.29) is 23.1 Å². The first-order chi connectivity index (χ1) is 9.84. The molecule has 1 heterocycles. The molecule has 4 nitrogen and oxygen atoms in total. The van der Waals surface area contributed by atoms with Crippen LogP contribution in [-0.2, 0) is 9.59 Å². The largest absolute Gasteiger partial charge is 0.495 e. The van der Waals surface area contributed by atoms with Crippen molar-refractivity contribution in [2.45, 2.75) is 33.6 Å². The van der Waals surface area contributed by atoms with Crippen molar-refractivity contribution in [1.82, 2.24) is 0 Å². The van der Waals surface area contributed by atoms with Crippen LogP contribution in [0.3, 0.4) is 0 Å². The molecule has 112 valence electrons. The Kier molecular flexibility index (Phi) is 2.91. The summed E-state index contributed by atoms with van der Waals surface area (Å²) >= 11 is 0. The van der Waals surface area contributed by atoms with Crippen LogP contribution < -0.4 is 9.64 Å². The number of nitrogens with zero attached hydrogens (tertiary/aromatic N) is 1. The van der Waals surface area contributed by atoms with Crippen molar-refractivity contribution in [3.05, 3.63) is 24.3 Å². The van der Waals surface area contributed by atoms with E-state index in [1.54, 1.807) is 19.2 Å². The molecule has 1 aromatic carbocycles.